The quantitative estimate of drug-likeness (QED) is 0.403. The van der Waals surface area contributed by atoms with Gasteiger partial charge in [0.2, 0.25) is 5.91 Å². The predicted molar refractivity (Wildman–Crippen MR) is 117 cm³/mol. The lowest BCUT2D eigenvalue weighted by Gasteiger charge is -2.08. The Morgan fingerprint density at radius 2 is 1.76 bits per heavy atom. The molecule has 0 aliphatic carbocycles. The number of halogens is 2. The number of esters is 2. The van der Waals surface area contributed by atoms with Gasteiger partial charge in [-0.1, -0.05) is 23.2 Å². The molecule has 0 radical (unpaired) electrons. The van der Waals surface area contributed by atoms with Crippen molar-refractivity contribution in [3.05, 3.63) is 44.2 Å². The van der Waals surface area contributed by atoms with Crippen LogP contribution in [-0.2, 0) is 14.3 Å². The molecule has 0 aliphatic rings. The zero-order chi connectivity index (χ0) is 21.6. The Balaban J connectivity index is 2.22. The third-order valence-corrected chi connectivity index (χ3v) is 6.51. The van der Waals surface area contributed by atoms with E-state index >= 15 is 0 Å². The van der Waals surface area contributed by atoms with Crippen molar-refractivity contribution < 1.29 is 23.9 Å². The van der Waals surface area contributed by atoms with E-state index in [1.807, 2.05) is 0 Å². The van der Waals surface area contributed by atoms with E-state index in [0.29, 0.717) is 20.5 Å². The number of hydrogen-bond donors (Lipinski definition) is 1. The van der Waals surface area contributed by atoms with Crippen molar-refractivity contribution in [3.63, 3.8) is 0 Å². The molecule has 0 bridgehead atoms. The number of benzene rings is 1. The third kappa shape index (κ3) is 6.12. The van der Waals surface area contributed by atoms with Crippen molar-refractivity contribution in [2.45, 2.75) is 25.7 Å². The monoisotopic (exact) mass is 475 g/mol. The topological polar surface area (TPSA) is 81.7 Å². The van der Waals surface area contributed by atoms with Gasteiger partial charge >= 0.3 is 11.9 Å². The second-order valence-electron chi connectivity index (χ2n) is 5.61. The van der Waals surface area contributed by atoms with Gasteiger partial charge in [-0.25, -0.2) is 9.59 Å². The Labute approximate surface area is 186 Å². The third-order valence-electron chi connectivity index (χ3n) is 3.59. The van der Waals surface area contributed by atoms with Crippen molar-refractivity contribution in [2.24, 2.45) is 0 Å². The molecule has 0 unspecified atom stereocenters. The van der Waals surface area contributed by atoms with E-state index in [4.69, 9.17) is 32.7 Å². The SMILES string of the molecule is CCOC(=O)c1sc(NC(=O)CSc2cc(Cl)ccc2Cl)c(C(=O)OCC)c1C. The maximum Gasteiger partial charge on any atom is 0.348 e. The van der Waals surface area contributed by atoms with E-state index in [2.05, 4.69) is 5.32 Å². The number of carbonyl (C=O) groups excluding carboxylic acids is 3. The largest absolute Gasteiger partial charge is 0.462 e. The molecule has 1 heterocycles. The van der Waals surface area contributed by atoms with Gasteiger partial charge in [0.15, 0.2) is 0 Å². The number of amides is 1. The summed E-state index contributed by atoms with van der Waals surface area (Å²) in [5.41, 5.74) is 0.562. The van der Waals surface area contributed by atoms with Crippen LogP contribution in [0.4, 0.5) is 5.00 Å². The van der Waals surface area contributed by atoms with Gasteiger partial charge < -0.3 is 14.8 Å². The lowest BCUT2D eigenvalue weighted by molar-refractivity contribution is -0.113. The zero-order valence-corrected chi connectivity index (χ0v) is 19.1. The molecule has 6 nitrogen and oxygen atoms in total. The molecular formula is C19H19Cl2NO5S2. The molecule has 1 N–H and O–H groups in total. The number of thiophene rings is 1. The summed E-state index contributed by atoms with van der Waals surface area (Å²) in [6.07, 6.45) is 0. The Morgan fingerprint density at radius 3 is 2.41 bits per heavy atom. The summed E-state index contributed by atoms with van der Waals surface area (Å²) >= 11 is 14.3. The lowest BCUT2D eigenvalue weighted by atomic mass is 10.1. The van der Waals surface area contributed by atoms with Crippen molar-refractivity contribution >= 4 is 69.1 Å². The molecule has 0 atom stereocenters. The first-order chi connectivity index (χ1) is 13.8. The van der Waals surface area contributed by atoms with Gasteiger partial charge in [0.25, 0.3) is 0 Å². The van der Waals surface area contributed by atoms with Gasteiger partial charge in [-0.3, -0.25) is 4.79 Å². The first-order valence-electron chi connectivity index (χ1n) is 8.63. The van der Waals surface area contributed by atoms with Crippen LogP contribution in [0.3, 0.4) is 0 Å². The highest BCUT2D eigenvalue weighted by atomic mass is 35.5. The van der Waals surface area contributed by atoms with Gasteiger partial charge in [0.05, 0.1) is 29.6 Å². The van der Waals surface area contributed by atoms with Gasteiger partial charge in [0, 0.05) is 9.92 Å². The van der Waals surface area contributed by atoms with Crippen LogP contribution < -0.4 is 5.32 Å². The number of rotatable bonds is 8. The molecule has 156 valence electrons. The molecule has 0 saturated heterocycles. The molecule has 1 amide bonds. The van der Waals surface area contributed by atoms with Crippen LogP contribution in [-0.4, -0.2) is 36.8 Å². The maximum absolute atomic E-state index is 12.5. The number of hydrogen-bond acceptors (Lipinski definition) is 7. The summed E-state index contributed by atoms with van der Waals surface area (Å²) in [5, 5.41) is 3.92. The summed E-state index contributed by atoms with van der Waals surface area (Å²) in [6, 6.07) is 4.97. The molecule has 0 fully saturated rings. The van der Waals surface area contributed by atoms with Crippen LogP contribution in [0.15, 0.2) is 23.1 Å². The fourth-order valence-electron chi connectivity index (χ4n) is 2.34. The van der Waals surface area contributed by atoms with E-state index in [0.717, 1.165) is 11.3 Å². The van der Waals surface area contributed by atoms with Crippen LogP contribution in [0.25, 0.3) is 0 Å². The van der Waals surface area contributed by atoms with Gasteiger partial charge in [-0.2, -0.15) is 0 Å². The van der Waals surface area contributed by atoms with Crippen molar-refractivity contribution in [2.75, 3.05) is 24.3 Å². The van der Waals surface area contributed by atoms with Crippen molar-refractivity contribution in [3.8, 4) is 0 Å². The smallest absolute Gasteiger partial charge is 0.348 e. The van der Waals surface area contributed by atoms with E-state index < -0.39 is 11.9 Å². The number of nitrogens with one attached hydrogen (secondary N) is 1. The molecular weight excluding hydrogens is 457 g/mol. The Morgan fingerprint density at radius 1 is 1.10 bits per heavy atom. The van der Waals surface area contributed by atoms with E-state index in [-0.39, 0.29) is 40.3 Å². The fourth-order valence-corrected chi connectivity index (χ4v) is 4.73. The lowest BCUT2D eigenvalue weighted by Crippen LogP contribution is -2.16. The number of ether oxygens (including phenoxy) is 2. The first kappa shape index (κ1) is 23.5. The highest BCUT2D eigenvalue weighted by Gasteiger charge is 2.27. The molecule has 1 aromatic heterocycles. The number of thioether (sulfide) groups is 1. The maximum atomic E-state index is 12.5. The molecule has 0 spiro atoms. The number of anilines is 1. The predicted octanol–water partition coefficient (Wildman–Crippen LogP) is 5.45. The summed E-state index contributed by atoms with van der Waals surface area (Å²) in [6.45, 7) is 5.34. The minimum atomic E-state index is -0.613. The van der Waals surface area contributed by atoms with E-state index in [9.17, 15) is 14.4 Å². The van der Waals surface area contributed by atoms with Gasteiger partial charge in [-0.15, -0.1) is 23.1 Å². The zero-order valence-electron chi connectivity index (χ0n) is 16.0. The van der Waals surface area contributed by atoms with Gasteiger partial charge in [0.1, 0.15) is 9.88 Å². The second kappa shape index (κ2) is 10.9. The fraction of sp³-hybridized carbons (Fsp3) is 0.316. The van der Waals surface area contributed by atoms with Crippen LogP contribution in [0.5, 0.6) is 0 Å². The van der Waals surface area contributed by atoms with Crippen LogP contribution in [0, 0.1) is 6.92 Å². The molecule has 1 aromatic carbocycles. The molecule has 2 aromatic rings. The minimum Gasteiger partial charge on any atom is -0.462 e. The average Bonchev–Trinajstić information content (AvgIpc) is 2.99. The van der Waals surface area contributed by atoms with Crippen molar-refractivity contribution in [1.29, 1.82) is 0 Å². The first-order valence-corrected chi connectivity index (χ1v) is 11.2. The highest BCUT2D eigenvalue weighted by molar-refractivity contribution is 8.00. The van der Waals surface area contributed by atoms with Crippen LogP contribution >= 0.6 is 46.3 Å². The number of carbonyl (C=O) groups is 3. The standard InChI is InChI=1S/C19H19Cl2NO5S2/c1-4-26-18(24)15-10(3)16(19(25)27-5-2)29-17(15)22-14(23)9-28-13-8-11(20)6-7-12(13)21/h6-8H,4-5,9H2,1-3H3,(H,22,23). The molecule has 10 heteroatoms. The average molecular weight is 476 g/mol. The summed E-state index contributed by atoms with van der Waals surface area (Å²) in [4.78, 5) is 37.9. The van der Waals surface area contributed by atoms with Crippen LogP contribution in [0.1, 0.15) is 39.4 Å². The molecule has 0 saturated carbocycles. The summed E-state index contributed by atoms with van der Waals surface area (Å²) in [5.74, 6) is -1.50. The highest BCUT2D eigenvalue weighted by Crippen LogP contribution is 2.35. The Kier molecular flexibility index (Phi) is 8.82. The van der Waals surface area contributed by atoms with Crippen LogP contribution in [0.2, 0.25) is 10.0 Å². The Bertz CT molecular complexity index is 930. The second-order valence-corrected chi connectivity index (χ2v) is 8.49. The van der Waals surface area contributed by atoms with Gasteiger partial charge in [-0.05, 0) is 44.5 Å². The van der Waals surface area contributed by atoms with E-state index in [1.54, 1.807) is 39.0 Å². The minimum absolute atomic E-state index is 0.0357. The van der Waals surface area contributed by atoms with Crippen molar-refractivity contribution in [1.82, 2.24) is 0 Å². The summed E-state index contributed by atoms with van der Waals surface area (Å²) < 4.78 is 10.1. The van der Waals surface area contributed by atoms with E-state index in [1.165, 1.54) is 11.8 Å². The molecule has 2 rings (SSSR count). The Hall–Kier alpha value is -1.74. The molecule has 0 aliphatic heterocycles. The molecule has 29 heavy (non-hydrogen) atoms. The normalized spacial score (nSPS) is 10.5. The summed E-state index contributed by atoms with van der Waals surface area (Å²) in [7, 11) is 0.